The van der Waals surface area contributed by atoms with Gasteiger partial charge in [0.15, 0.2) is 5.82 Å². The summed E-state index contributed by atoms with van der Waals surface area (Å²) in [5.41, 5.74) is 23.7. The minimum atomic E-state index is 0. The number of rotatable bonds is 6. The molecule has 5 aromatic carbocycles. The fourth-order valence-corrected chi connectivity index (χ4v) is 4.78. The van der Waals surface area contributed by atoms with E-state index in [9.17, 15) is 0 Å². The lowest BCUT2D eigenvalue weighted by atomic mass is 9.99. The Labute approximate surface area is 260 Å². The average molecular weight is 581 g/mol. The van der Waals surface area contributed by atoms with Gasteiger partial charge in [0.1, 0.15) is 0 Å². The van der Waals surface area contributed by atoms with Crippen LogP contribution in [0.25, 0.3) is 45.0 Å². The van der Waals surface area contributed by atoms with Gasteiger partial charge in [0.2, 0.25) is 0 Å². The molecule has 0 spiro atoms. The Morgan fingerprint density at radius 1 is 0.477 bits per heavy atom. The second-order valence-corrected chi connectivity index (χ2v) is 10.2. The van der Waals surface area contributed by atoms with E-state index in [-0.39, 0.29) is 7.43 Å². The van der Waals surface area contributed by atoms with Crippen molar-refractivity contribution in [3.05, 3.63) is 133 Å². The molecule has 0 atom stereocenters. The van der Waals surface area contributed by atoms with Crippen LogP contribution in [0.5, 0.6) is 0 Å². The van der Waals surface area contributed by atoms with Crippen molar-refractivity contribution in [2.45, 2.75) is 14.4 Å². The summed E-state index contributed by atoms with van der Waals surface area (Å²) in [6.45, 7) is 2.08. The number of aryl methyl sites for hydroxylation is 1. The largest absolute Gasteiger partial charge is 0.399 e. The molecule has 6 nitrogen and oxygen atoms in total. The van der Waals surface area contributed by atoms with Gasteiger partial charge < -0.3 is 22.1 Å². The van der Waals surface area contributed by atoms with Gasteiger partial charge in [0.25, 0.3) is 0 Å². The molecule has 0 aliphatic heterocycles. The van der Waals surface area contributed by atoms with Crippen LogP contribution in [0.15, 0.2) is 127 Å². The molecule has 0 radical (unpaired) electrons. The predicted octanol–water partition coefficient (Wildman–Crippen LogP) is 9.02. The Balaban J connectivity index is 0.000000381. The number of benzene rings is 5. The van der Waals surface area contributed by atoms with E-state index in [0.717, 1.165) is 44.9 Å². The van der Waals surface area contributed by atoms with Gasteiger partial charge in [-0.05, 0) is 84.3 Å². The Kier molecular flexibility index (Phi) is 10.3. The third-order valence-electron chi connectivity index (χ3n) is 6.98. The lowest BCUT2D eigenvalue weighted by Gasteiger charge is -2.12. The van der Waals surface area contributed by atoms with Crippen LogP contribution in [0.2, 0.25) is 0 Å². The van der Waals surface area contributed by atoms with Crippen molar-refractivity contribution in [1.82, 2.24) is 9.97 Å². The predicted molar refractivity (Wildman–Crippen MR) is 190 cm³/mol. The molecule has 44 heavy (non-hydrogen) atoms. The molecule has 0 fully saturated rings. The molecule has 6 aromatic rings. The third-order valence-corrected chi connectivity index (χ3v) is 6.98. The highest BCUT2D eigenvalue weighted by molar-refractivity contribution is 5.80. The third kappa shape index (κ3) is 7.81. The van der Waals surface area contributed by atoms with Crippen molar-refractivity contribution in [1.29, 1.82) is 0 Å². The van der Waals surface area contributed by atoms with Crippen LogP contribution in [0, 0.1) is 6.92 Å². The highest BCUT2D eigenvalue weighted by atomic mass is 14.9. The number of aromatic nitrogens is 2. The van der Waals surface area contributed by atoms with Crippen LogP contribution in [0.4, 0.5) is 22.7 Å². The molecule has 0 saturated heterocycles. The molecule has 222 valence electrons. The molecular formula is C38H40N6. The molecule has 0 aliphatic rings. The summed E-state index contributed by atoms with van der Waals surface area (Å²) in [4.78, 5) is 9.83. The fourth-order valence-electron chi connectivity index (χ4n) is 4.78. The zero-order valence-corrected chi connectivity index (χ0v) is 24.7. The molecule has 6 N–H and O–H groups in total. The monoisotopic (exact) mass is 580 g/mol. The van der Waals surface area contributed by atoms with Crippen molar-refractivity contribution in [3.63, 3.8) is 0 Å². The molecule has 1 heterocycles. The van der Waals surface area contributed by atoms with Gasteiger partial charge in [-0.2, -0.15) is 0 Å². The van der Waals surface area contributed by atoms with Crippen LogP contribution in [-0.4, -0.2) is 24.1 Å². The molecule has 6 rings (SSSR count). The molecule has 6 heteroatoms. The number of anilines is 4. The van der Waals surface area contributed by atoms with Gasteiger partial charge in [0.05, 0.1) is 11.4 Å². The Morgan fingerprint density at radius 2 is 1.05 bits per heavy atom. The lowest BCUT2D eigenvalue weighted by Crippen LogP contribution is -1.97. The number of hydrogen-bond donors (Lipinski definition) is 4. The first-order valence-electron chi connectivity index (χ1n) is 14.2. The van der Waals surface area contributed by atoms with Crippen molar-refractivity contribution >= 4 is 22.7 Å². The number of nitrogen functional groups attached to an aromatic ring is 2. The van der Waals surface area contributed by atoms with Gasteiger partial charge in [-0.3, -0.25) is 0 Å². The molecule has 0 bridgehead atoms. The molecule has 0 unspecified atom stereocenters. The van der Waals surface area contributed by atoms with Gasteiger partial charge in [-0.1, -0.05) is 74.2 Å². The summed E-state index contributed by atoms with van der Waals surface area (Å²) >= 11 is 0. The minimum absolute atomic E-state index is 0. The van der Waals surface area contributed by atoms with Gasteiger partial charge in [-0.25, -0.2) is 9.97 Å². The standard InChI is InChI=1S/C29H25N5.C8H11N.CH4/c1-32-26-12-6-10-21(17-26)27-18-28(34-29(33-27)19-7-3-2-4-8-19)23-13-22(15-25(31)16-23)20-9-5-11-24(30)14-20;1-7-4-3-5-8(6-7)9-2;/h2-18,32H,30-31H2,1H3;3-6,9H,1-2H3;1H4. The average Bonchev–Trinajstić information content (AvgIpc) is 3.05. The van der Waals surface area contributed by atoms with E-state index in [0.29, 0.717) is 17.2 Å². The summed E-state index contributed by atoms with van der Waals surface area (Å²) in [7, 11) is 3.83. The van der Waals surface area contributed by atoms with Crippen molar-refractivity contribution in [2.24, 2.45) is 0 Å². The van der Waals surface area contributed by atoms with E-state index in [1.165, 1.54) is 11.3 Å². The fraction of sp³-hybridized carbons (Fsp3) is 0.105. The maximum Gasteiger partial charge on any atom is 0.160 e. The van der Waals surface area contributed by atoms with Gasteiger partial charge in [0, 0.05) is 53.5 Å². The van der Waals surface area contributed by atoms with Gasteiger partial charge in [-0.15, -0.1) is 0 Å². The number of nitrogens with two attached hydrogens (primary N) is 2. The number of hydrogen-bond acceptors (Lipinski definition) is 6. The zero-order valence-electron chi connectivity index (χ0n) is 24.7. The quantitative estimate of drug-likeness (QED) is 0.147. The number of nitrogens with one attached hydrogen (secondary N) is 2. The summed E-state index contributed by atoms with van der Waals surface area (Å²) in [6.07, 6.45) is 0. The van der Waals surface area contributed by atoms with E-state index >= 15 is 0 Å². The van der Waals surface area contributed by atoms with Crippen LogP contribution < -0.4 is 22.1 Å². The summed E-state index contributed by atoms with van der Waals surface area (Å²) in [6, 6.07) is 42.3. The second-order valence-electron chi connectivity index (χ2n) is 10.2. The van der Waals surface area contributed by atoms with E-state index in [4.69, 9.17) is 21.4 Å². The maximum absolute atomic E-state index is 6.33. The highest BCUT2D eigenvalue weighted by Crippen LogP contribution is 2.33. The van der Waals surface area contributed by atoms with E-state index in [2.05, 4.69) is 47.9 Å². The summed E-state index contributed by atoms with van der Waals surface area (Å²) in [5, 5.41) is 6.26. The molecule has 1 aromatic heterocycles. The van der Waals surface area contributed by atoms with Crippen molar-refractivity contribution in [3.8, 4) is 45.0 Å². The van der Waals surface area contributed by atoms with Crippen LogP contribution in [0.1, 0.15) is 13.0 Å². The van der Waals surface area contributed by atoms with E-state index in [1.54, 1.807) is 0 Å². The number of nitrogens with zero attached hydrogens (tertiary/aromatic N) is 2. The van der Waals surface area contributed by atoms with E-state index in [1.807, 2.05) is 111 Å². The molecule has 0 saturated carbocycles. The van der Waals surface area contributed by atoms with Crippen LogP contribution in [-0.2, 0) is 0 Å². The first-order valence-corrected chi connectivity index (χ1v) is 14.2. The molecule has 0 aliphatic carbocycles. The summed E-state index contributed by atoms with van der Waals surface area (Å²) < 4.78 is 0. The first-order chi connectivity index (χ1) is 20.9. The molecule has 0 amide bonds. The molecular weight excluding hydrogens is 540 g/mol. The Bertz CT molecular complexity index is 1830. The van der Waals surface area contributed by atoms with E-state index < -0.39 is 0 Å². The topological polar surface area (TPSA) is 102 Å². The van der Waals surface area contributed by atoms with Crippen LogP contribution in [0.3, 0.4) is 0 Å². The zero-order chi connectivity index (χ0) is 30.2. The van der Waals surface area contributed by atoms with Crippen molar-refractivity contribution in [2.75, 3.05) is 36.2 Å². The van der Waals surface area contributed by atoms with Crippen LogP contribution >= 0.6 is 0 Å². The lowest BCUT2D eigenvalue weighted by molar-refractivity contribution is 1.18. The smallest absolute Gasteiger partial charge is 0.160 e. The normalized spacial score (nSPS) is 10.2. The first kappa shape index (κ1) is 31.3. The van der Waals surface area contributed by atoms with Crippen molar-refractivity contribution < 1.29 is 0 Å². The Hall–Kier alpha value is -5.62. The Morgan fingerprint density at radius 3 is 1.70 bits per heavy atom. The maximum atomic E-state index is 6.33. The SMILES string of the molecule is C.CNc1cccc(-c2cc(-c3cc(N)cc(-c4cccc(N)c4)c3)nc(-c3ccccc3)n2)c1.CNc1cccc(C)c1. The second kappa shape index (κ2) is 14.5. The highest BCUT2D eigenvalue weighted by Gasteiger charge is 2.13. The summed E-state index contributed by atoms with van der Waals surface area (Å²) in [5.74, 6) is 0.663. The van der Waals surface area contributed by atoms with Gasteiger partial charge >= 0.3 is 0 Å². The minimum Gasteiger partial charge on any atom is -0.399 e.